The zero-order valence-corrected chi connectivity index (χ0v) is 9.96. The minimum atomic E-state index is -0.632. The third kappa shape index (κ3) is 4.08. The fraction of sp³-hybridized carbons (Fsp3) is 0.909. The molecule has 0 aromatic carbocycles. The molecule has 0 bridgehead atoms. The van der Waals surface area contributed by atoms with E-state index in [2.05, 4.69) is 5.32 Å². The Balaban J connectivity index is 2.06. The lowest BCUT2D eigenvalue weighted by molar-refractivity contribution is -0.126. The fourth-order valence-electron chi connectivity index (χ4n) is 1.89. The molecule has 1 rings (SSSR count). The maximum atomic E-state index is 11.7. The van der Waals surface area contributed by atoms with E-state index in [1.54, 1.807) is 7.11 Å². The molecule has 0 aromatic rings. The van der Waals surface area contributed by atoms with Crippen molar-refractivity contribution in [2.45, 2.75) is 31.2 Å². The van der Waals surface area contributed by atoms with E-state index in [4.69, 9.17) is 15.2 Å². The number of hydrogen-bond donors (Lipinski definition) is 2. The predicted octanol–water partition coefficient (Wildman–Crippen LogP) is 0.0371. The summed E-state index contributed by atoms with van der Waals surface area (Å²) in [5.41, 5.74) is 5.36. The van der Waals surface area contributed by atoms with Gasteiger partial charge in [-0.2, -0.15) is 0 Å². The molecule has 16 heavy (non-hydrogen) atoms. The fourth-order valence-corrected chi connectivity index (χ4v) is 1.89. The third-order valence-electron chi connectivity index (χ3n) is 2.91. The third-order valence-corrected chi connectivity index (χ3v) is 2.91. The molecule has 5 nitrogen and oxygen atoms in total. The van der Waals surface area contributed by atoms with E-state index in [9.17, 15) is 4.79 Å². The second kappa shape index (κ2) is 6.83. The minimum absolute atomic E-state index is 0.0414. The van der Waals surface area contributed by atoms with Crippen molar-refractivity contribution >= 4 is 5.91 Å². The van der Waals surface area contributed by atoms with Gasteiger partial charge in [0.25, 0.3) is 0 Å². The summed E-state index contributed by atoms with van der Waals surface area (Å²) in [5, 5.41) is 2.81. The van der Waals surface area contributed by atoms with E-state index >= 15 is 0 Å². The van der Waals surface area contributed by atoms with Crippen LogP contribution in [0.1, 0.15) is 25.7 Å². The van der Waals surface area contributed by atoms with E-state index in [0.717, 1.165) is 25.7 Å². The van der Waals surface area contributed by atoms with Crippen molar-refractivity contribution in [1.29, 1.82) is 0 Å². The highest BCUT2D eigenvalue weighted by atomic mass is 16.5. The highest BCUT2D eigenvalue weighted by Crippen LogP contribution is 2.26. The molecule has 1 aliphatic rings. The van der Waals surface area contributed by atoms with Crippen LogP contribution in [-0.4, -0.2) is 44.9 Å². The van der Waals surface area contributed by atoms with Gasteiger partial charge in [-0.3, -0.25) is 4.79 Å². The van der Waals surface area contributed by atoms with Crippen LogP contribution in [0.4, 0.5) is 0 Å². The molecule has 1 saturated carbocycles. The lowest BCUT2D eigenvalue weighted by atomic mass is 9.98. The maximum Gasteiger partial charge on any atom is 0.240 e. The standard InChI is InChI=1S/C11H22N2O3/c1-15-8-9-16-7-6-13-10(14)11(12)4-2-3-5-11/h2-9,12H2,1H3,(H,13,14). The Labute approximate surface area is 96.7 Å². The Morgan fingerprint density at radius 1 is 1.31 bits per heavy atom. The van der Waals surface area contributed by atoms with Crippen LogP contribution in [0.15, 0.2) is 0 Å². The van der Waals surface area contributed by atoms with E-state index in [0.29, 0.717) is 26.4 Å². The summed E-state index contributed by atoms with van der Waals surface area (Å²) in [4.78, 5) is 11.7. The van der Waals surface area contributed by atoms with Crippen molar-refractivity contribution in [3.8, 4) is 0 Å². The Bertz CT molecular complexity index is 215. The van der Waals surface area contributed by atoms with Crippen molar-refractivity contribution in [3.63, 3.8) is 0 Å². The van der Waals surface area contributed by atoms with Gasteiger partial charge in [-0.15, -0.1) is 0 Å². The van der Waals surface area contributed by atoms with Gasteiger partial charge in [0.2, 0.25) is 5.91 Å². The summed E-state index contributed by atoms with van der Waals surface area (Å²) in [6, 6.07) is 0. The molecule has 0 heterocycles. The molecule has 1 aliphatic carbocycles. The van der Waals surface area contributed by atoms with E-state index < -0.39 is 5.54 Å². The van der Waals surface area contributed by atoms with Gasteiger partial charge in [-0.25, -0.2) is 0 Å². The Hall–Kier alpha value is -0.650. The van der Waals surface area contributed by atoms with Crippen LogP contribution in [0.5, 0.6) is 0 Å². The quantitative estimate of drug-likeness (QED) is 0.605. The van der Waals surface area contributed by atoms with Gasteiger partial charge >= 0.3 is 0 Å². The number of amides is 1. The maximum absolute atomic E-state index is 11.7. The lowest BCUT2D eigenvalue weighted by Gasteiger charge is -2.22. The van der Waals surface area contributed by atoms with Crippen LogP contribution in [0.25, 0.3) is 0 Å². The molecule has 0 spiro atoms. The first-order valence-electron chi connectivity index (χ1n) is 5.83. The van der Waals surface area contributed by atoms with E-state index in [-0.39, 0.29) is 5.91 Å². The summed E-state index contributed by atoms with van der Waals surface area (Å²) in [5.74, 6) is -0.0414. The van der Waals surface area contributed by atoms with Crippen molar-refractivity contribution in [2.75, 3.05) is 33.5 Å². The first kappa shape index (κ1) is 13.4. The monoisotopic (exact) mass is 230 g/mol. The second-order valence-corrected chi connectivity index (χ2v) is 4.22. The first-order chi connectivity index (χ1) is 7.69. The van der Waals surface area contributed by atoms with Crippen molar-refractivity contribution in [3.05, 3.63) is 0 Å². The highest BCUT2D eigenvalue weighted by molar-refractivity contribution is 5.86. The minimum Gasteiger partial charge on any atom is -0.382 e. The molecular weight excluding hydrogens is 208 g/mol. The summed E-state index contributed by atoms with van der Waals surface area (Å²) >= 11 is 0. The molecule has 1 fully saturated rings. The molecule has 0 radical (unpaired) electrons. The molecule has 0 aromatic heterocycles. The van der Waals surface area contributed by atoms with E-state index in [1.165, 1.54) is 0 Å². The zero-order valence-electron chi connectivity index (χ0n) is 9.96. The molecular formula is C11H22N2O3. The summed E-state index contributed by atoms with van der Waals surface area (Å²) in [6.45, 7) is 2.15. The highest BCUT2D eigenvalue weighted by Gasteiger charge is 2.36. The van der Waals surface area contributed by atoms with Crippen LogP contribution < -0.4 is 11.1 Å². The first-order valence-corrected chi connectivity index (χ1v) is 5.83. The number of nitrogens with two attached hydrogens (primary N) is 1. The molecule has 0 unspecified atom stereocenters. The molecule has 0 aliphatic heterocycles. The van der Waals surface area contributed by atoms with Crippen molar-refractivity contribution in [2.24, 2.45) is 5.73 Å². The number of hydrogen-bond acceptors (Lipinski definition) is 4. The average Bonchev–Trinajstić information content (AvgIpc) is 2.71. The smallest absolute Gasteiger partial charge is 0.240 e. The topological polar surface area (TPSA) is 73.6 Å². The molecule has 1 amide bonds. The van der Waals surface area contributed by atoms with Crippen LogP contribution in [0.2, 0.25) is 0 Å². The van der Waals surface area contributed by atoms with Crippen LogP contribution in [0.3, 0.4) is 0 Å². The Morgan fingerprint density at radius 3 is 2.62 bits per heavy atom. The van der Waals surface area contributed by atoms with Crippen molar-refractivity contribution in [1.82, 2.24) is 5.32 Å². The Morgan fingerprint density at radius 2 is 2.00 bits per heavy atom. The van der Waals surface area contributed by atoms with Gasteiger partial charge in [-0.05, 0) is 12.8 Å². The van der Waals surface area contributed by atoms with Gasteiger partial charge in [0.1, 0.15) is 0 Å². The average molecular weight is 230 g/mol. The zero-order chi connectivity index (χ0) is 11.9. The van der Waals surface area contributed by atoms with Crippen LogP contribution in [0, 0.1) is 0 Å². The Kier molecular flexibility index (Phi) is 5.73. The van der Waals surface area contributed by atoms with Crippen molar-refractivity contribution < 1.29 is 14.3 Å². The van der Waals surface area contributed by atoms with Gasteiger partial charge in [0.05, 0.1) is 25.4 Å². The molecule has 0 atom stereocenters. The largest absolute Gasteiger partial charge is 0.382 e. The number of nitrogens with one attached hydrogen (secondary N) is 1. The number of methoxy groups -OCH3 is 1. The normalized spacial score (nSPS) is 18.6. The molecule has 0 saturated heterocycles. The number of ether oxygens (including phenoxy) is 2. The second-order valence-electron chi connectivity index (χ2n) is 4.22. The molecule has 94 valence electrons. The van der Waals surface area contributed by atoms with Gasteiger partial charge in [0, 0.05) is 13.7 Å². The van der Waals surface area contributed by atoms with E-state index in [1.807, 2.05) is 0 Å². The summed E-state index contributed by atoms with van der Waals surface area (Å²) in [7, 11) is 1.63. The molecule has 3 N–H and O–H groups in total. The van der Waals surface area contributed by atoms with Gasteiger partial charge in [0.15, 0.2) is 0 Å². The predicted molar refractivity (Wildman–Crippen MR) is 61.1 cm³/mol. The SMILES string of the molecule is COCCOCCNC(=O)C1(N)CCCC1. The van der Waals surface area contributed by atoms with Gasteiger partial charge in [-0.1, -0.05) is 12.8 Å². The van der Waals surface area contributed by atoms with Gasteiger partial charge < -0.3 is 20.5 Å². The number of carbonyl (C=O) groups excluding carboxylic acids is 1. The summed E-state index contributed by atoms with van der Waals surface area (Å²) in [6.07, 6.45) is 3.69. The summed E-state index contributed by atoms with van der Waals surface area (Å²) < 4.78 is 10.1. The number of rotatable bonds is 7. The lowest BCUT2D eigenvalue weighted by Crippen LogP contribution is -2.52. The van der Waals surface area contributed by atoms with Crippen LogP contribution in [-0.2, 0) is 14.3 Å². The molecule has 5 heteroatoms. The van der Waals surface area contributed by atoms with Crippen LogP contribution >= 0.6 is 0 Å². The number of carbonyl (C=O) groups is 1.